The third-order valence-electron chi connectivity index (χ3n) is 5.46. The minimum absolute atomic E-state index is 0.0171. The van der Waals surface area contributed by atoms with Crippen molar-refractivity contribution >= 4 is 0 Å². The first-order valence-electron chi connectivity index (χ1n) is 10.2. The Hall–Kier alpha value is -2.80. The second-order valence-electron chi connectivity index (χ2n) is 9.43. The van der Waals surface area contributed by atoms with Crippen LogP contribution in [0.4, 0.5) is 4.39 Å². The molecule has 4 rings (SSSR count). The molecule has 1 aromatic carbocycles. The average Bonchev–Trinajstić information content (AvgIpc) is 3.14. The normalized spacial score (nSPS) is 18.3. The molecule has 6 nitrogen and oxygen atoms in total. The van der Waals surface area contributed by atoms with Crippen molar-refractivity contribution in [3.63, 3.8) is 0 Å². The zero-order valence-electron chi connectivity index (χ0n) is 18.1. The second-order valence-corrected chi connectivity index (χ2v) is 9.43. The van der Waals surface area contributed by atoms with Crippen molar-refractivity contribution in [1.82, 2.24) is 25.7 Å². The summed E-state index contributed by atoms with van der Waals surface area (Å²) in [7, 11) is 0. The number of aromatic amines is 1. The van der Waals surface area contributed by atoms with Crippen LogP contribution in [0.15, 0.2) is 36.7 Å². The number of aromatic nitrogens is 4. The zero-order valence-corrected chi connectivity index (χ0v) is 18.1. The van der Waals surface area contributed by atoms with Crippen molar-refractivity contribution in [1.29, 1.82) is 0 Å². The fraction of sp³-hybridized carbons (Fsp3) is 0.435. The standard InChI is InChI=1S/C23H28FN5O/c1-14-8-15(16-12-25-26-13-16)9-18(24)21(14)19-6-7-20(28-27-19)30-17-10-22(2,3)29-23(4,5)11-17/h6-9,12-13,17,29H,10-11H2,1-5H3,(H,25,26). The molecule has 2 N–H and O–H groups in total. The van der Waals surface area contributed by atoms with Gasteiger partial charge >= 0.3 is 0 Å². The molecule has 0 spiro atoms. The van der Waals surface area contributed by atoms with E-state index in [4.69, 9.17) is 4.74 Å². The lowest BCUT2D eigenvalue weighted by atomic mass is 9.81. The Balaban J connectivity index is 1.54. The predicted molar refractivity (Wildman–Crippen MR) is 115 cm³/mol. The van der Waals surface area contributed by atoms with Crippen molar-refractivity contribution in [2.45, 2.75) is 64.6 Å². The maximum absolute atomic E-state index is 14.9. The van der Waals surface area contributed by atoms with E-state index in [-0.39, 0.29) is 23.0 Å². The van der Waals surface area contributed by atoms with E-state index in [1.165, 1.54) is 6.07 Å². The average molecular weight is 410 g/mol. The van der Waals surface area contributed by atoms with Crippen LogP contribution in [0.2, 0.25) is 0 Å². The molecule has 3 heterocycles. The number of ether oxygens (including phenoxy) is 1. The molecular weight excluding hydrogens is 381 g/mol. The van der Waals surface area contributed by atoms with E-state index >= 15 is 0 Å². The molecule has 158 valence electrons. The van der Waals surface area contributed by atoms with Crippen LogP contribution in [0.1, 0.15) is 46.1 Å². The second kappa shape index (κ2) is 7.47. The Morgan fingerprint density at radius 2 is 1.77 bits per heavy atom. The third kappa shape index (κ3) is 4.36. The monoisotopic (exact) mass is 409 g/mol. The SMILES string of the molecule is Cc1cc(-c2cn[nH]c2)cc(F)c1-c1ccc(OC2CC(C)(C)NC(C)(C)C2)nn1. The fourth-order valence-electron chi connectivity index (χ4n) is 4.64. The lowest BCUT2D eigenvalue weighted by molar-refractivity contribution is 0.0524. The number of rotatable bonds is 4. The summed E-state index contributed by atoms with van der Waals surface area (Å²) in [6.45, 7) is 10.6. The Morgan fingerprint density at radius 3 is 2.33 bits per heavy atom. The molecule has 1 saturated heterocycles. The van der Waals surface area contributed by atoms with Gasteiger partial charge in [-0.3, -0.25) is 5.10 Å². The predicted octanol–water partition coefficient (Wildman–Crippen LogP) is 4.67. The van der Waals surface area contributed by atoms with Gasteiger partial charge in [-0.15, -0.1) is 10.2 Å². The van der Waals surface area contributed by atoms with Crippen LogP contribution in [-0.4, -0.2) is 37.6 Å². The summed E-state index contributed by atoms with van der Waals surface area (Å²) in [5.41, 5.74) is 3.30. The summed E-state index contributed by atoms with van der Waals surface area (Å²) in [4.78, 5) is 0. The summed E-state index contributed by atoms with van der Waals surface area (Å²) in [5.74, 6) is 0.126. The van der Waals surface area contributed by atoms with Gasteiger partial charge in [0.2, 0.25) is 5.88 Å². The molecule has 30 heavy (non-hydrogen) atoms. The van der Waals surface area contributed by atoms with Gasteiger partial charge < -0.3 is 10.1 Å². The van der Waals surface area contributed by atoms with E-state index in [0.717, 1.165) is 29.5 Å². The first kappa shape index (κ1) is 20.5. The van der Waals surface area contributed by atoms with Gasteiger partial charge in [-0.1, -0.05) is 6.07 Å². The molecule has 7 heteroatoms. The molecule has 0 radical (unpaired) electrons. The number of piperidine rings is 1. The van der Waals surface area contributed by atoms with E-state index in [1.54, 1.807) is 24.5 Å². The zero-order chi connectivity index (χ0) is 21.5. The molecule has 0 bridgehead atoms. The summed E-state index contributed by atoms with van der Waals surface area (Å²) >= 11 is 0. The Labute approximate surface area is 176 Å². The van der Waals surface area contributed by atoms with Gasteiger partial charge in [0.25, 0.3) is 0 Å². The van der Waals surface area contributed by atoms with Crippen LogP contribution in [0.25, 0.3) is 22.4 Å². The fourth-order valence-corrected chi connectivity index (χ4v) is 4.64. The van der Waals surface area contributed by atoms with Crippen LogP contribution in [-0.2, 0) is 0 Å². The van der Waals surface area contributed by atoms with Crippen LogP contribution in [0.5, 0.6) is 5.88 Å². The van der Waals surface area contributed by atoms with Gasteiger partial charge in [-0.2, -0.15) is 5.10 Å². The molecule has 0 aliphatic carbocycles. The van der Waals surface area contributed by atoms with E-state index in [0.29, 0.717) is 17.1 Å². The number of nitrogens with one attached hydrogen (secondary N) is 2. The maximum atomic E-state index is 14.9. The van der Waals surface area contributed by atoms with Gasteiger partial charge in [-0.25, -0.2) is 4.39 Å². The van der Waals surface area contributed by atoms with Gasteiger partial charge in [0.05, 0.1) is 11.9 Å². The van der Waals surface area contributed by atoms with Crippen LogP contribution >= 0.6 is 0 Å². The quantitative estimate of drug-likeness (QED) is 0.655. The topological polar surface area (TPSA) is 75.7 Å². The molecule has 3 aromatic rings. The van der Waals surface area contributed by atoms with Crippen molar-refractivity contribution < 1.29 is 9.13 Å². The highest BCUT2D eigenvalue weighted by Crippen LogP contribution is 2.32. The number of benzene rings is 1. The minimum Gasteiger partial charge on any atom is -0.473 e. The summed E-state index contributed by atoms with van der Waals surface area (Å²) < 4.78 is 21.0. The van der Waals surface area contributed by atoms with Gasteiger partial charge in [0, 0.05) is 47.3 Å². The van der Waals surface area contributed by atoms with Crippen LogP contribution < -0.4 is 10.1 Å². The molecule has 2 aromatic heterocycles. The largest absolute Gasteiger partial charge is 0.473 e. The lowest BCUT2D eigenvalue weighted by Crippen LogP contribution is -2.60. The van der Waals surface area contributed by atoms with E-state index < -0.39 is 0 Å². The Kier molecular flexibility index (Phi) is 5.10. The molecule has 0 unspecified atom stereocenters. The highest BCUT2D eigenvalue weighted by molar-refractivity contribution is 5.71. The molecule has 1 aliphatic heterocycles. The number of hydrogen-bond acceptors (Lipinski definition) is 5. The lowest BCUT2D eigenvalue weighted by Gasteiger charge is -2.46. The summed E-state index contributed by atoms with van der Waals surface area (Å²) in [6.07, 6.45) is 5.21. The van der Waals surface area contributed by atoms with Crippen molar-refractivity contribution in [2.75, 3.05) is 0 Å². The van der Waals surface area contributed by atoms with Crippen LogP contribution in [0, 0.1) is 12.7 Å². The van der Waals surface area contributed by atoms with Gasteiger partial charge in [-0.05, 0) is 57.9 Å². The molecule has 1 aliphatic rings. The van der Waals surface area contributed by atoms with Crippen molar-refractivity contribution in [3.05, 3.63) is 48.0 Å². The number of nitrogens with zero attached hydrogens (tertiary/aromatic N) is 3. The minimum atomic E-state index is -0.337. The van der Waals surface area contributed by atoms with E-state index in [1.807, 2.05) is 13.0 Å². The van der Waals surface area contributed by atoms with Crippen LogP contribution in [0.3, 0.4) is 0 Å². The highest BCUT2D eigenvalue weighted by atomic mass is 19.1. The molecule has 1 fully saturated rings. The van der Waals surface area contributed by atoms with Crippen molar-refractivity contribution in [3.8, 4) is 28.3 Å². The number of H-pyrrole nitrogens is 1. The molecule has 0 atom stereocenters. The summed E-state index contributed by atoms with van der Waals surface area (Å²) in [6, 6.07) is 6.96. The van der Waals surface area contributed by atoms with Gasteiger partial charge in [0.1, 0.15) is 11.9 Å². The first-order valence-corrected chi connectivity index (χ1v) is 10.2. The summed E-state index contributed by atoms with van der Waals surface area (Å²) in [5, 5.41) is 18.8. The Morgan fingerprint density at radius 1 is 1.03 bits per heavy atom. The van der Waals surface area contributed by atoms with E-state index in [2.05, 4.69) is 53.4 Å². The first-order chi connectivity index (χ1) is 14.1. The van der Waals surface area contributed by atoms with Crippen molar-refractivity contribution in [2.24, 2.45) is 0 Å². The number of hydrogen-bond donors (Lipinski definition) is 2. The smallest absolute Gasteiger partial charge is 0.233 e. The Bertz CT molecular complexity index is 989. The number of halogens is 1. The maximum Gasteiger partial charge on any atom is 0.233 e. The van der Waals surface area contributed by atoms with E-state index in [9.17, 15) is 4.39 Å². The number of aryl methyl sites for hydroxylation is 1. The van der Waals surface area contributed by atoms with Gasteiger partial charge in [0.15, 0.2) is 0 Å². The highest BCUT2D eigenvalue weighted by Gasteiger charge is 2.38. The third-order valence-corrected chi connectivity index (χ3v) is 5.46. The molecule has 0 amide bonds. The molecule has 0 saturated carbocycles. The molecular formula is C23H28FN5O.